The van der Waals surface area contributed by atoms with Gasteiger partial charge in [0.1, 0.15) is 10.6 Å². The second-order valence-corrected chi connectivity index (χ2v) is 7.91. The highest BCUT2D eigenvalue weighted by molar-refractivity contribution is 7.20. The van der Waals surface area contributed by atoms with E-state index >= 15 is 0 Å². The predicted molar refractivity (Wildman–Crippen MR) is 114 cm³/mol. The smallest absolute Gasteiger partial charge is 0.279 e. The molecule has 8 heteroatoms. The van der Waals surface area contributed by atoms with E-state index in [4.69, 9.17) is 4.74 Å². The van der Waals surface area contributed by atoms with Gasteiger partial charge in [-0.05, 0) is 43.7 Å². The zero-order chi connectivity index (χ0) is 20.8. The number of aromatic nitrogens is 2. The molecule has 0 spiro atoms. The Morgan fingerprint density at radius 3 is 2.52 bits per heavy atom. The average Bonchev–Trinajstić information content (AvgIpc) is 3.28. The van der Waals surface area contributed by atoms with Crippen LogP contribution in [0.1, 0.15) is 58.3 Å². The highest BCUT2D eigenvalue weighted by Gasteiger charge is 2.16. The van der Waals surface area contributed by atoms with Gasteiger partial charge >= 0.3 is 0 Å². The number of aryl methyl sites for hydroxylation is 2. The van der Waals surface area contributed by atoms with Gasteiger partial charge < -0.3 is 4.74 Å². The van der Waals surface area contributed by atoms with Crippen molar-refractivity contribution >= 4 is 33.4 Å². The van der Waals surface area contributed by atoms with Crippen LogP contribution in [0.4, 0.5) is 0 Å². The number of amides is 2. The van der Waals surface area contributed by atoms with Gasteiger partial charge in [-0.3, -0.25) is 25.1 Å². The Hall–Kier alpha value is -2.87. The van der Waals surface area contributed by atoms with Crippen LogP contribution in [0.5, 0.6) is 5.75 Å². The molecule has 7 nitrogen and oxygen atoms in total. The Bertz CT molecular complexity index is 957. The minimum atomic E-state index is -0.383. The summed E-state index contributed by atoms with van der Waals surface area (Å²) in [6, 6.07) is 8.67. The van der Waals surface area contributed by atoms with Crippen molar-refractivity contribution in [2.45, 2.75) is 39.5 Å². The number of fused-ring (bicyclic) bond motifs is 1. The Morgan fingerprint density at radius 2 is 1.83 bits per heavy atom. The molecular weight excluding hydrogens is 388 g/mol. The third kappa shape index (κ3) is 5.14. The topological polar surface area (TPSA) is 85.2 Å². The summed E-state index contributed by atoms with van der Waals surface area (Å²) in [7, 11) is 1.84. The largest absolute Gasteiger partial charge is 0.494 e. The maximum absolute atomic E-state index is 12.4. The molecule has 1 aromatic carbocycles. The van der Waals surface area contributed by atoms with E-state index in [0.717, 1.165) is 34.5 Å². The van der Waals surface area contributed by atoms with E-state index in [0.29, 0.717) is 17.0 Å². The molecule has 3 rings (SSSR count). The predicted octanol–water partition coefficient (Wildman–Crippen LogP) is 3.98. The van der Waals surface area contributed by atoms with Crippen molar-refractivity contribution in [1.29, 1.82) is 0 Å². The fraction of sp³-hybridized carbons (Fsp3) is 0.381. The van der Waals surface area contributed by atoms with E-state index in [1.807, 2.05) is 14.0 Å². The summed E-state index contributed by atoms with van der Waals surface area (Å²) in [4.78, 5) is 26.1. The molecule has 29 heavy (non-hydrogen) atoms. The van der Waals surface area contributed by atoms with E-state index in [2.05, 4.69) is 22.9 Å². The Morgan fingerprint density at radius 1 is 1.10 bits per heavy atom. The number of ether oxygens (including phenoxy) is 1. The van der Waals surface area contributed by atoms with Crippen molar-refractivity contribution in [2.75, 3.05) is 6.61 Å². The zero-order valence-corrected chi connectivity index (χ0v) is 17.8. The minimum absolute atomic E-state index is 0.356. The Kier molecular flexibility index (Phi) is 6.87. The zero-order valence-electron chi connectivity index (χ0n) is 16.9. The molecule has 2 N–H and O–H groups in total. The normalized spacial score (nSPS) is 10.9. The molecule has 3 aromatic rings. The number of hydrazine groups is 1. The van der Waals surface area contributed by atoms with Gasteiger partial charge in [-0.15, -0.1) is 11.3 Å². The van der Waals surface area contributed by atoms with Gasteiger partial charge in [0.2, 0.25) is 0 Å². The highest BCUT2D eigenvalue weighted by Crippen LogP contribution is 2.27. The standard InChI is InChI=1S/C21H26N4O3S/c1-4-5-6-7-12-28-16-10-8-15(9-11-16)19(26)22-23-20(27)18-13-17-14(2)24-25(3)21(17)29-18/h8-11,13H,4-7,12H2,1-3H3,(H,22,26)(H,23,27). The van der Waals surface area contributed by atoms with Crippen molar-refractivity contribution in [1.82, 2.24) is 20.6 Å². The van der Waals surface area contributed by atoms with Crippen LogP contribution in [0.3, 0.4) is 0 Å². The van der Waals surface area contributed by atoms with Crippen molar-refractivity contribution in [3.05, 3.63) is 46.5 Å². The molecule has 0 aliphatic carbocycles. The molecule has 2 heterocycles. The number of thiophene rings is 1. The van der Waals surface area contributed by atoms with E-state index in [-0.39, 0.29) is 11.8 Å². The first-order valence-electron chi connectivity index (χ1n) is 9.76. The summed E-state index contributed by atoms with van der Waals surface area (Å²) < 4.78 is 7.42. The summed E-state index contributed by atoms with van der Waals surface area (Å²) in [5, 5.41) is 5.26. The Labute approximate surface area is 174 Å². The van der Waals surface area contributed by atoms with Crippen molar-refractivity contribution in [2.24, 2.45) is 7.05 Å². The van der Waals surface area contributed by atoms with Crippen LogP contribution in [0, 0.1) is 6.92 Å². The van der Waals surface area contributed by atoms with Crippen LogP contribution in [-0.4, -0.2) is 28.2 Å². The van der Waals surface area contributed by atoms with Gasteiger partial charge in [-0.1, -0.05) is 26.2 Å². The number of nitrogens with zero attached hydrogens (tertiary/aromatic N) is 2. The first kappa shape index (κ1) is 20.9. The number of rotatable bonds is 8. The molecule has 0 radical (unpaired) electrons. The number of nitrogens with one attached hydrogen (secondary N) is 2. The number of carbonyl (C=O) groups is 2. The molecule has 0 unspecified atom stereocenters. The third-order valence-corrected chi connectivity index (χ3v) is 5.79. The number of benzene rings is 1. The number of hydrogen-bond donors (Lipinski definition) is 2. The molecular formula is C21H26N4O3S. The molecule has 2 aromatic heterocycles. The molecule has 0 fully saturated rings. The number of hydrogen-bond acceptors (Lipinski definition) is 5. The average molecular weight is 415 g/mol. The lowest BCUT2D eigenvalue weighted by Crippen LogP contribution is -2.41. The van der Waals surface area contributed by atoms with Crippen LogP contribution < -0.4 is 15.6 Å². The van der Waals surface area contributed by atoms with Crippen molar-refractivity contribution in [3.63, 3.8) is 0 Å². The SMILES string of the molecule is CCCCCCOc1ccc(C(=O)NNC(=O)c2cc3c(C)nn(C)c3s2)cc1. The lowest BCUT2D eigenvalue weighted by molar-refractivity contribution is 0.0849. The van der Waals surface area contributed by atoms with E-state index in [1.54, 1.807) is 35.0 Å². The molecule has 0 aliphatic rings. The molecule has 0 saturated heterocycles. The first-order chi connectivity index (χ1) is 14.0. The van der Waals surface area contributed by atoms with Gasteiger partial charge in [-0.25, -0.2) is 0 Å². The van der Waals surface area contributed by atoms with Crippen LogP contribution >= 0.6 is 11.3 Å². The summed E-state index contributed by atoms with van der Waals surface area (Å²) in [6.45, 7) is 4.75. The van der Waals surface area contributed by atoms with Crippen LogP contribution in [0.15, 0.2) is 30.3 Å². The summed E-state index contributed by atoms with van der Waals surface area (Å²) in [5.41, 5.74) is 6.23. The van der Waals surface area contributed by atoms with E-state index in [9.17, 15) is 9.59 Å². The van der Waals surface area contributed by atoms with E-state index in [1.165, 1.54) is 24.2 Å². The van der Waals surface area contributed by atoms with Crippen LogP contribution in [0.25, 0.3) is 10.2 Å². The molecule has 0 saturated carbocycles. The van der Waals surface area contributed by atoms with Crippen molar-refractivity contribution in [3.8, 4) is 5.75 Å². The summed E-state index contributed by atoms with van der Waals surface area (Å²) in [5.74, 6) is -0.00544. The molecule has 154 valence electrons. The fourth-order valence-electron chi connectivity index (χ4n) is 2.99. The second kappa shape index (κ2) is 9.56. The van der Waals surface area contributed by atoms with Gasteiger partial charge in [-0.2, -0.15) is 5.10 Å². The minimum Gasteiger partial charge on any atom is -0.494 e. The van der Waals surface area contributed by atoms with Gasteiger partial charge in [0.25, 0.3) is 11.8 Å². The lowest BCUT2D eigenvalue weighted by atomic mass is 10.2. The monoisotopic (exact) mass is 414 g/mol. The summed E-state index contributed by atoms with van der Waals surface area (Å²) >= 11 is 1.34. The maximum atomic E-state index is 12.4. The Balaban J connectivity index is 1.50. The number of carbonyl (C=O) groups excluding carboxylic acids is 2. The second-order valence-electron chi connectivity index (χ2n) is 6.88. The van der Waals surface area contributed by atoms with Gasteiger partial charge in [0, 0.05) is 18.0 Å². The summed E-state index contributed by atoms with van der Waals surface area (Å²) in [6.07, 6.45) is 4.59. The van der Waals surface area contributed by atoms with Crippen LogP contribution in [-0.2, 0) is 7.05 Å². The maximum Gasteiger partial charge on any atom is 0.279 e. The van der Waals surface area contributed by atoms with E-state index < -0.39 is 0 Å². The fourth-order valence-corrected chi connectivity index (χ4v) is 4.00. The molecule has 0 aliphatic heterocycles. The third-order valence-electron chi connectivity index (χ3n) is 4.59. The lowest BCUT2D eigenvalue weighted by Gasteiger charge is -2.08. The van der Waals surface area contributed by atoms with Gasteiger partial charge in [0.05, 0.1) is 17.2 Å². The molecule has 0 atom stereocenters. The molecule has 2 amide bonds. The number of unbranched alkanes of at least 4 members (excludes halogenated alkanes) is 3. The quantitative estimate of drug-likeness (QED) is 0.431. The van der Waals surface area contributed by atoms with Gasteiger partial charge in [0.15, 0.2) is 0 Å². The highest BCUT2D eigenvalue weighted by atomic mass is 32.1. The van der Waals surface area contributed by atoms with Crippen LogP contribution in [0.2, 0.25) is 0 Å². The molecule has 0 bridgehead atoms. The first-order valence-corrected chi connectivity index (χ1v) is 10.6. The van der Waals surface area contributed by atoms with Crippen molar-refractivity contribution < 1.29 is 14.3 Å².